The first kappa shape index (κ1) is 13.4. The summed E-state index contributed by atoms with van der Waals surface area (Å²) < 4.78 is 1.88. The standard InChI is InChI=1S/C14H14NO.ClH/c1-12-5-7-13(8-6-12)14(16)11-15-9-3-2-4-10-15;/h2-10H,11H2,1H3;1H/q+1;/p-1. The SMILES string of the molecule is Cc1ccc(C(=O)C[n+]2ccccc2)cc1.[Cl-]. The fourth-order valence-corrected chi connectivity index (χ4v) is 1.54. The van der Waals surface area contributed by atoms with Crippen molar-refractivity contribution in [2.75, 3.05) is 0 Å². The maximum Gasteiger partial charge on any atom is 0.227 e. The van der Waals surface area contributed by atoms with E-state index in [4.69, 9.17) is 0 Å². The van der Waals surface area contributed by atoms with Crippen LogP contribution in [0.2, 0.25) is 0 Å². The van der Waals surface area contributed by atoms with Crippen molar-refractivity contribution in [3.05, 3.63) is 66.0 Å². The summed E-state index contributed by atoms with van der Waals surface area (Å²) in [4.78, 5) is 11.9. The number of pyridine rings is 1. The normalized spacial score (nSPS) is 9.47. The average Bonchev–Trinajstić information content (AvgIpc) is 2.31. The fourth-order valence-electron chi connectivity index (χ4n) is 1.54. The molecule has 1 aromatic carbocycles. The summed E-state index contributed by atoms with van der Waals surface area (Å²) in [5.41, 5.74) is 1.94. The van der Waals surface area contributed by atoms with E-state index in [1.807, 2.05) is 66.3 Å². The number of aryl methyl sites for hydroxylation is 1. The molecule has 0 fully saturated rings. The second-order valence-electron chi connectivity index (χ2n) is 3.84. The predicted molar refractivity (Wildman–Crippen MR) is 62.1 cm³/mol. The van der Waals surface area contributed by atoms with Gasteiger partial charge in [0.2, 0.25) is 12.3 Å². The van der Waals surface area contributed by atoms with Crippen molar-refractivity contribution in [1.82, 2.24) is 0 Å². The highest BCUT2D eigenvalue weighted by Gasteiger charge is 2.10. The van der Waals surface area contributed by atoms with Gasteiger partial charge in [-0.15, -0.1) is 0 Å². The molecule has 1 heterocycles. The molecule has 2 nitrogen and oxygen atoms in total. The van der Waals surface area contributed by atoms with Gasteiger partial charge in [-0.3, -0.25) is 4.79 Å². The molecule has 0 amide bonds. The summed E-state index contributed by atoms with van der Waals surface area (Å²) in [6.07, 6.45) is 3.79. The summed E-state index contributed by atoms with van der Waals surface area (Å²) in [6.45, 7) is 2.41. The average molecular weight is 248 g/mol. The van der Waals surface area contributed by atoms with E-state index in [0.29, 0.717) is 6.54 Å². The Kier molecular flexibility index (Phi) is 4.85. The quantitative estimate of drug-likeness (QED) is 0.512. The molecular weight excluding hydrogens is 234 g/mol. The number of carbonyl (C=O) groups excluding carboxylic acids is 1. The van der Waals surface area contributed by atoms with E-state index in [-0.39, 0.29) is 18.2 Å². The van der Waals surface area contributed by atoms with Gasteiger partial charge in [-0.25, -0.2) is 0 Å². The Bertz CT molecular complexity index is 479. The van der Waals surface area contributed by atoms with Gasteiger partial charge in [0, 0.05) is 17.7 Å². The first-order valence-corrected chi connectivity index (χ1v) is 5.30. The first-order chi connectivity index (χ1) is 7.75. The Morgan fingerprint density at radius 3 is 2.24 bits per heavy atom. The zero-order valence-electron chi connectivity index (χ0n) is 9.64. The Balaban J connectivity index is 0.00000144. The topological polar surface area (TPSA) is 20.9 Å². The van der Waals surface area contributed by atoms with Crippen molar-refractivity contribution in [2.45, 2.75) is 13.5 Å². The third-order valence-corrected chi connectivity index (χ3v) is 2.48. The summed E-state index contributed by atoms with van der Waals surface area (Å²) in [6, 6.07) is 13.5. The molecule has 1 aromatic heterocycles. The number of Topliss-reactive ketones (excluding diaryl/α,β-unsaturated/α-hetero) is 1. The summed E-state index contributed by atoms with van der Waals surface area (Å²) in [5, 5.41) is 0. The minimum atomic E-state index is 0. The number of carbonyl (C=O) groups is 1. The van der Waals surface area contributed by atoms with Crippen LogP contribution in [0.3, 0.4) is 0 Å². The van der Waals surface area contributed by atoms with Gasteiger partial charge in [-0.05, 0) is 6.92 Å². The summed E-state index contributed by atoms with van der Waals surface area (Å²) in [5.74, 6) is 0.135. The van der Waals surface area contributed by atoms with Gasteiger partial charge in [0.25, 0.3) is 0 Å². The van der Waals surface area contributed by atoms with Crippen molar-refractivity contribution in [3.8, 4) is 0 Å². The van der Waals surface area contributed by atoms with Crippen LogP contribution in [-0.2, 0) is 6.54 Å². The molecular formula is C14H14ClNO. The molecule has 0 aliphatic rings. The van der Waals surface area contributed by atoms with Crippen LogP contribution in [0.5, 0.6) is 0 Å². The van der Waals surface area contributed by atoms with E-state index in [1.54, 1.807) is 0 Å². The van der Waals surface area contributed by atoms with Crippen molar-refractivity contribution in [2.24, 2.45) is 0 Å². The number of halogens is 1. The van der Waals surface area contributed by atoms with E-state index < -0.39 is 0 Å². The van der Waals surface area contributed by atoms with Gasteiger partial charge in [-0.2, -0.15) is 4.57 Å². The van der Waals surface area contributed by atoms with E-state index in [9.17, 15) is 4.79 Å². The summed E-state index contributed by atoms with van der Waals surface area (Å²) >= 11 is 0. The lowest BCUT2D eigenvalue weighted by molar-refractivity contribution is -0.683. The smallest absolute Gasteiger partial charge is 0.227 e. The summed E-state index contributed by atoms with van der Waals surface area (Å²) in [7, 11) is 0. The molecule has 0 bridgehead atoms. The largest absolute Gasteiger partial charge is 1.00 e. The Labute approximate surface area is 107 Å². The molecule has 88 valence electrons. The number of hydrogen-bond donors (Lipinski definition) is 0. The van der Waals surface area contributed by atoms with Crippen LogP contribution in [0.1, 0.15) is 15.9 Å². The second kappa shape index (κ2) is 6.16. The zero-order valence-corrected chi connectivity index (χ0v) is 10.4. The van der Waals surface area contributed by atoms with Gasteiger partial charge >= 0.3 is 0 Å². The minimum absolute atomic E-state index is 0. The number of rotatable bonds is 3. The van der Waals surface area contributed by atoms with Gasteiger partial charge in [0.15, 0.2) is 12.4 Å². The first-order valence-electron chi connectivity index (χ1n) is 5.30. The number of hydrogen-bond acceptors (Lipinski definition) is 1. The lowest BCUT2D eigenvalue weighted by Gasteiger charge is -1.98. The highest BCUT2D eigenvalue weighted by molar-refractivity contribution is 5.95. The Morgan fingerprint density at radius 1 is 1.06 bits per heavy atom. The minimum Gasteiger partial charge on any atom is -1.00 e. The number of ketones is 1. The maximum absolute atomic E-state index is 11.9. The van der Waals surface area contributed by atoms with Crippen LogP contribution < -0.4 is 17.0 Å². The van der Waals surface area contributed by atoms with E-state index >= 15 is 0 Å². The third kappa shape index (κ3) is 3.68. The van der Waals surface area contributed by atoms with Crippen LogP contribution in [0, 0.1) is 6.92 Å². The molecule has 0 aliphatic carbocycles. The van der Waals surface area contributed by atoms with Crippen molar-refractivity contribution in [3.63, 3.8) is 0 Å². The lowest BCUT2D eigenvalue weighted by Crippen LogP contribution is -3.00. The Morgan fingerprint density at radius 2 is 1.65 bits per heavy atom. The van der Waals surface area contributed by atoms with Crippen LogP contribution in [0.25, 0.3) is 0 Å². The highest BCUT2D eigenvalue weighted by atomic mass is 35.5. The third-order valence-electron chi connectivity index (χ3n) is 2.48. The zero-order chi connectivity index (χ0) is 11.4. The maximum atomic E-state index is 11.9. The molecule has 17 heavy (non-hydrogen) atoms. The predicted octanol–water partition coefficient (Wildman–Crippen LogP) is -0.831. The van der Waals surface area contributed by atoms with Crippen LogP contribution in [0.4, 0.5) is 0 Å². The molecule has 0 spiro atoms. The molecule has 0 aliphatic heterocycles. The van der Waals surface area contributed by atoms with E-state index in [1.165, 1.54) is 5.56 Å². The van der Waals surface area contributed by atoms with Gasteiger partial charge in [-0.1, -0.05) is 35.9 Å². The Hall–Kier alpha value is -1.67. The monoisotopic (exact) mass is 247 g/mol. The van der Waals surface area contributed by atoms with Crippen LogP contribution >= 0.6 is 0 Å². The molecule has 0 saturated heterocycles. The van der Waals surface area contributed by atoms with E-state index in [0.717, 1.165) is 5.56 Å². The molecule has 2 aromatic rings. The molecule has 3 heteroatoms. The number of nitrogens with zero attached hydrogens (tertiary/aromatic N) is 1. The van der Waals surface area contributed by atoms with Crippen molar-refractivity contribution in [1.29, 1.82) is 0 Å². The molecule has 0 radical (unpaired) electrons. The van der Waals surface area contributed by atoms with Gasteiger partial charge < -0.3 is 12.4 Å². The van der Waals surface area contributed by atoms with Crippen LogP contribution in [-0.4, -0.2) is 5.78 Å². The number of aromatic nitrogens is 1. The van der Waals surface area contributed by atoms with Gasteiger partial charge in [0.05, 0.1) is 0 Å². The van der Waals surface area contributed by atoms with Crippen LogP contribution in [0.15, 0.2) is 54.9 Å². The lowest BCUT2D eigenvalue weighted by atomic mass is 10.1. The molecule has 2 rings (SSSR count). The molecule has 0 unspecified atom stereocenters. The van der Waals surface area contributed by atoms with Crippen molar-refractivity contribution < 1.29 is 21.8 Å². The molecule has 0 atom stereocenters. The van der Waals surface area contributed by atoms with Gasteiger partial charge in [0.1, 0.15) is 0 Å². The molecule has 0 saturated carbocycles. The number of benzene rings is 1. The van der Waals surface area contributed by atoms with Crippen molar-refractivity contribution >= 4 is 5.78 Å². The van der Waals surface area contributed by atoms with E-state index in [2.05, 4.69) is 0 Å². The second-order valence-corrected chi connectivity index (χ2v) is 3.84. The molecule has 0 N–H and O–H groups in total. The highest BCUT2D eigenvalue weighted by Crippen LogP contribution is 2.03. The fraction of sp³-hybridized carbons (Fsp3) is 0.143.